The lowest BCUT2D eigenvalue weighted by Gasteiger charge is -2.38. The van der Waals surface area contributed by atoms with Crippen LogP contribution in [0.1, 0.15) is 43.2 Å². The van der Waals surface area contributed by atoms with Gasteiger partial charge in [-0.15, -0.1) is 23.2 Å². The highest BCUT2D eigenvalue weighted by molar-refractivity contribution is 6.18. The van der Waals surface area contributed by atoms with Gasteiger partial charge in [-0.3, -0.25) is 0 Å². The first-order valence-electron chi connectivity index (χ1n) is 10.5. The van der Waals surface area contributed by atoms with Gasteiger partial charge >= 0.3 is 0 Å². The maximum Gasteiger partial charge on any atom is 0.119 e. The van der Waals surface area contributed by atoms with E-state index in [0.717, 1.165) is 24.3 Å². The standard InChI is InChI=1S/C24H30Cl2O4/c25-14-20(27)16-29-22-8-4-18(5-9-22)24(12-2-1-3-13-24)19-6-10-23(11-7-19)30-17-21(28)15-26/h4-11,20-21,27-28H,1-3,12-17H2. The summed E-state index contributed by atoms with van der Waals surface area (Å²) in [6, 6.07) is 16.4. The van der Waals surface area contributed by atoms with E-state index in [-0.39, 0.29) is 30.4 Å². The van der Waals surface area contributed by atoms with Crippen LogP contribution in [0.2, 0.25) is 0 Å². The number of aliphatic hydroxyl groups is 2. The van der Waals surface area contributed by atoms with Crippen LogP contribution < -0.4 is 9.47 Å². The number of halogens is 2. The normalized spacial score (nSPS) is 17.9. The molecule has 2 aromatic rings. The van der Waals surface area contributed by atoms with Gasteiger partial charge in [0.15, 0.2) is 0 Å². The van der Waals surface area contributed by atoms with E-state index in [1.54, 1.807) is 0 Å². The fourth-order valence-corrected chi connectivity index (χ4v) is 4.29. The number of rotatable bonds is 10. The summed E-state index contributed by atoms with van der Waals surface area (Å²) in [6.07, 6.45) is 4.52. The van der Waals surface area contributed by atoms with Gasteiger partial charge in [-0.25, -0.2) is 0 Å². The van der Waals surface area contributed by atoms with Crippen molar-refractivity contribution >= 4 is 23.2 Å². The minimum absolute atomic E-state index is 0.0272. The Morgan fingerprint density at radius 2 is 1.10 bits per heavy atom. The summed E-state index contributed by atoms with van der Waals surface area (Å²) in [5, 5.41) is 19.2. The zero-order valence-corrected chi connectivity index (χ0v) is 18.6. The first-order valence-corrected chi connectivity index (χ1v) is 11.6. The molecule has 2 atom stereocenters. The second-order valence-electron chi connectivity index (χ2n) is 7.93. The summed E-state index contributed by atoms with van der Waals surface area (Å²) in [6.45, 7) is 0.377. The molecule has 6 heteroatoms. The van der Waals surface area contributed by atoms with E-state index in [4.69, 9.17) is 32.7 Å². The molecule has 30 heavy (non-hydrogen) atoms. The largest absolute Gasteiger partial charge is 0.491 e. The Morgan fingerprint density at radius 1 is 0.700 bits per heavy atom. The average molecular weight is 453 g/mol. The monoisotopic (exact) mass is 452 g/mol. The van der Waals surface area contributed by atoms with Crippen LogP contribution in [0.4, 0.5) is 0 Å². The Hall–Kier alpha value is -1.46. The fourth-order valence-electron chi connectivity index (χ4n) is 4.11. The Labute approximate surface area is 188 Å². The van der Waals surface area contributed by atoms with E-state index in [0.29, 0.717) is 0 Å². The predicted molar refractivity (Wildman–Crippen MR) is 121 cm³/mol. The number of aliphatic hydroxyl groups excluding tert-OH is 2. The van der Waals surface area contributed by atoms with Gasteiger partial charge in [-0.2, -0.15) is 0 Å². The molecule has 3 rings (SSSR count). The van der Waals surface area contributed by atoms with Crippen molar-refractivity contribution < 1.29 is 19.7 Å². The van der Waals surface area contributed by atoms with E-state index in [2.05, 4.69) is 24.3 Å². The highest BCUT2D eigenvalue weighted by Crippen LogP contribution is 2.45. The molecule has 0 aromatic heterocycles. The molecule has 0 aliphatic heterocycles. The summed E-state index contributed by atoms with van der Waals surface area (Å²) >= 11 is 11.3. The molecule has 0 radical (unpaired) electrons. The lowest BCUT2D eigenvalue weighted by molar-refractivity contribution is 0.125. The average Bonchev–Trinajstić information content (AvgIpc) is 2.82. The first-order chi connectivity index (χ1) is 14.6. The van der Waals surface area contributed by atoms with E-state index in [1.807, 2.05) is 24.3 Å². The highest BCUT2D eigenvalue weighted by atomic mass is 35.5. The molecule has 0 amide bonds. The zero-order valence-electron chi connectivity index (χ0n) is 17.1. The summed E-state index contributed by atoms with van der Waals surface area (Å²) < 4.78 is 11.3. The van der Waals surface area contributed by atoms with E-state index in [1.165, 1.54) is 30.4 Å². The molecule has 1 saturated carbocycles. The summed E-state index contributed by atoms with van der Waals surface area (Å²) in [4.78, 5) is 0. The molecule has 4 nitrogen and oxygen atoms in total. The number of hydrogen-bond donors (Lipinski definition) is 2. The van der Waals surface area contributed by atoms with Gasteiger partial charge in [0.05, 0.1) is 11.8 Å². The van der Waals surface area contributed by atoms with Gasteiger partial charge in [-0.1, -0.05) is 43.5 Å². The van der Waals surface area contributed by atoms with Gasteiger partial charge in [-0.05, 0) is 48.2 Å². The van der Waals surface area contributed by atoms with Crippen LogP contribution in [0.5, 0.6) is 11.5 Å². The second kappa shape index (κ2) is 11.2. The summed E-state index contributed by atoms with van der Waals surface area (Å²) in [5.41, 5.74) is 2.53. The molecular formula is C24H30Cl2O4. The SMILES string of the molecule is OC(CCl)COc1ccc(C2(c3ccc(OCC(O)CCl)cc3)CCCCC2)cc1. The van der Waals surface area contributed by atoms with E-state index in [9.17, 15) is 10.2 Å². The molecule has 0 heterocycles. The minimum Gasteiger partial charge on any atom is -0.491 e. The fraction of sp³-hybridized carbons (Fsp3) is 0.500. The number of alkyl halides is 2. The molecule has 0 spiro atoms. The molecule has 2 aromatic carbocycles. The lowest BCUT2D eigenvalue weighted by atomic mass is 9.65. The molecule has 164 valence electrons. The quantitative estimate of drug-likeness (QED) is 0.503. The van der Waals surface area contributed by atoms with E-state index < -0.39 is 12.2 Å². The van der Waals surface area contributed by atoms with Gasteiger partial charge in [0.2, 0.25) is 0 Å². The topological polar surface area (TPSA) is 58.9 Å². The van der Waals surface area contributed by atoms with Crippen LogP contribution >= 0.6 is 23.2 Å². The molecule has 0 bridgehead atoms. The molecule has 1 fully saturated rings. The lowest BCUT2D eigenvalue weighted by Crippen LogP contribution is -2.30. The molecule has 1 aliphatic carbocycles. The van der Waals surface area contributed by atoms with Crippen molar-refractivity contribution in [1.82, 2.24) is 0 Å². The zero-order chi connectivity index (χ0) is 21.4. The maximum absolute atomic E-state index is 9.58. The van der Waals surface area contributed by atoms with Crippen LogP contribution in [0, 0.1) is 0 Å². The molecular weight excluding hydrogens is 423 g/mol. The Kier molecular flexibility index (Phi) is 8.70. The van der Waals surface area contributed by atoms with Crippen molar-refractivity contribution in [2.24, 2.45) is 0 Å². The minimum atomic E-state index is -0.665. The molecule has 0 saturated heterocycles. The van der Waals surface area contributed by atoms with Crippen molar-refractivity contribution in [2.45, 2.75) is 49.7 Å². The van der Waals surface area contributed by atoms with Crippen molar-refractivity contribution in [2.75, 3.05) is 25.0 Å². The van der Waals surface area contributed by atoms with Gasteiger partial charge < -0.3 is 19.7 Å². The van der Waals surface area contributed by atoms with Crippen LogP contribution in [-0.4, -0.2) is 47.4 Å². The van der Waals surface area contributed by atoms with Crippen LogP contribution in [-0.2, 0) is 5.41 Å². The van der Waals surface area contributed by atoms with Crippen molar-refractivity contribution in [3.05, 3.63) is 59.7 Å². The van der Waals surface area contributed by atoms with Crippen molar-refractivity contribution in [1.29, 1.82) is 0 Å². The first kappa shape index (κ1) is 23.2. The van der Waals surface area contributed by atoms with Crippen molar-refractivity contribution in [3.63, 3.8) is 0 Å². The summed E-state index contributed by atoms with van der Waals surface area (Å²) in [5.74, 6) is 1.78. The molecule has 2 unspecified atom stereocenters. The van der Waals surface area contributed by atoms with Crippen LogP contribution in [0.15, 0.2) is 48.5 Å². The van der Waals surface area contributed by atoms with E-state index >= 15 is 0 Å². The van der Waals surface area contributed by atoms with Gasteiger partial charge in [0, 0.05) is 5.41 Å². The van der Waals surface area contributed by atoms with Crippen molar-refractivity contribution in [3.8, 4) is 11.5 Å². The Bertz CT molecular complexity index is 698. The smallest absolute Gasteiger partial charge is 0.119 e. The highest BCUT2D eigenvalue weighted by Gasteiger charge is 2.35. The third-order valence-electron chi connectivity index (χ3n) is 5.76. The predicted octanol–water partition coefficient (Wildman–Crippen LogP) is 4.89. The second-order valence-corrected chi connectivity index (χ2v) is 8.55. The Balaban J connectivity index is 1.77. The molecule has 1 aliphatic rings. The van der Waals surface area contributed by atoms with Crippen LogP contribution in [0.25, 0.3) is 0 Å². The maximum atomic E-state index is 9.58. The third-order valence-corrected chi connectivity index (χ3v) is 6.47. The number of ether oxygens (including phenoxy) is 2. The number of benzene rings is 2. The Morgan fingerprint density at radius 3 is 1.47 bits per heavy atom. The van der Waals surface area contributed by atoms with Gasteiger partial charge in [0.25, 0.3) is 0 Å². The van der Waals surface area contributed by atoms with Crippen LogP contribution in [0.3, 0.4) is 0 Å². The van der Waals surface area contributed by atoms with Gasteiger partial charge in [0.1, 0.15) is 36.9 Å². The molecule has 2 N–H and O–H groups in total. The third kappa shape index (κ3) is 5.82. The number of hydrogen-bond acceptors (Lipinski definition) is 4. The summed E-state index contributed by atoms with van der Waals surface area (Å²) in [7, 11) is 0.